The molecular formula is C15H15ClO2S2. The van der Waals surface area contributed by atoms with Crippen LogP contribution >= 0.6 is 36.4 Å². The number of hydrogen-bond acceptors (Lipinski definition) is 3. The lowest BCUT2D eigenvalue weighted by Gasteiger charge is -2.17. The minimum absolute atomic E-state index is 0. The zero-order chi connectivity index (χ0) is 13.1. The fourth-order valence-corrected chi connectivity index (χ4v) is 3.03. The van der Waals surface area contributed by atoms with E-state index in [4.69, 9.17) is 20.8 Å². The van der Waals surface area contributed by atoms with Gasteiger partial charge in [0.2, 0.25) is 0 Å². The second kappa shape index (κ2) is 7.07. The van der Waals surface area contributed by atoms with E-state index in [0.29, 0.717) is 5.88 Å². The Morgan fingerprint density at radius 1 is 1.20 bits per heavy atom. The van der Waals surface area contributed by atoms with Crippen LogP contribution in [0.3, 0.4) is 0 Å². The smallest absolute Gasteiger partial charge is 0.175 e. The van der Waals surface area contributed by atoms with Gasteiger partial charge in [0, 0.05) is 22.6 Å². The average Bonchev–Trinajstić information content (AvgIpc) is 3.10. The number of halogens is 1. The Hall–Kier alpha value is -1.10. The number of alkyl halides is 1. The molecule has 0 bridgehead atoms. The van der Waals surface area contributed by atoms with Crippen molar-refractivity contribution in [3.8, 4) is 5.75 Å². The first kappa shape index (κ1) is 15.3. The Morgan fingerprint density at radius 3 is 2.85 bits per heavy atom. The fraction of sp³-hybridized carbons (Fsp3) is 0.200. The average molecular weight is 327 g/mol. The summed E-state index contributed by atoms with van der Waals surface area (Å²) >= 11 is 7.56. The molecule has 0 aliphatic carbocycles. The lowest BCUT2D eigenvalue weighted by molar-refractivity contribution is 0.206. The highest BCUT2D eigenvalue weighted by molar-refractivity contribution is 7.59. The van der Waals surface area contributed by atoms with Crippen molar-refractivity contribution in [3.63, 3.8) is 0 Å². The van der Waals surface area contributed by atoms with E-state index >= 15 is 0 Å². The van der Waals surface area contributed by atoms with Gasteiger partial charge in [0.15, 0.2) is 11.3 Å². The molecule has 0 N–H and O–H groups in total. The zero-order valence-corrected chi connectivity index (χ0v) is 13.3. The van der Waals surface area contributed by atoms with E-state index in [0.717, 1.165) is 23.1 Å². The minimum Gasteiger partial charge on any atom is -0.481 e. The number of furan rings is 1. The third-order valence-corrected chi connectivity index (χ3v) is 4.13. The van der Waals surface area contributed by atoms with Gasteiger partial charge in [-0.2, -0.15) is 13.5 Å². The minimum atomic E-state index is -0.0202. The zero-order valence-electron chi connectivity index (χ0n) is 10.7. The standard InChI is InChI=1S/C15H13ClO2S.H2S/c16-8-6-12(14-5-2-10-19-14)18-13-4-1-3-11-7-9-17-15(11)13;/h1-5,7,9-10,12H,6,8H2;1H2/t12-;/m0./s1. The van der Waals surface area contributed by atoms with Crippen LogP contribution < -0.4 is 4.74 Å². The van der Waals surface area contributed by atoms with E-state index in [-0.39, 0.29) is 19.6 Å². The van der Waals surface area contributed by atoms with Crippen molar-refractivity contribution in [2.75, 3.05) is 5.88 Å². The third-order valence-electron chi connectivity index (χ3n) is 2.94. The van der Waals surface area contributed by atoms with Crippen LogP contribution in [0.15, 0.2) is 52.5 Å². The van der Waals surface area contributed by atoms with Gasteiger partial charge in [0.1, 0.15) is 6.10 Å². The summed E-state index contributed by atoms with van der Waals surface area (Å²) in [6.45, 7) is 0. The number of para-hydroxylation sites is 1. The summed E-state index contributed by atoms with van der Waals surface area (Å²) in [5.41, 5.74) is 0.790. The number of ether oxygens (including phenoxy) is 1. The molecule has 2 aromatic heterocycles. The molecule has 0 aliphatic rings. The second-order valence-electron chi connectivity index (χ2n) is 4.19. The Morgan fingerprint density at radius 2 is 2.10 bits per heavy atom. The Bertz CT molecular complexity index is 649. The van der Waals surface area contributed by atoms with Crippen molar-refractivity contribution in [1.82, 2.24) is 0 Å². The predicted octanol–water partition coefficient (Wildman–Crippen LogP) is 5.36. The molecule has 0 unspecified atom stereocenters. The highest BCUT2D eigenvalue weighted by atomic mass is 35.5. The third kappa shape index (κ3) is 3.14. The van der Waals surface area contributed by atoms with Gasteiger partial charge in [-0.25, -0.2) is 0 Å². The van der Waals surface area contributed by atoms with E-state index in [9.17, 15) is 0 Å². The molecule has 2 heterocycles. The lowest BCUT2D eigenvalue weighted by atomic mass is 10.2. The summed E-state index contributed by atoms with van der Waals surface area (Å²) in [6.07, 6.45) is 2.44. The van der Waals surface area contributed by atoms with Gasteiger partial charge in [-0.15, -0.1) is 22.9 Å². The van der Waals surface area contributed by atoms with Crippen LogP contribution in [-0.2, 0) is 0 Å². The van der Waals surface area contributed by atoms with Crippen LogP contribution in [0.4, 0.5) is 0 Å². The summed E-state index contributed by atoms with van der Waals surface area (Å²) in [5, 5.41) is 3.10. The normalized spacial score (nSPS) is 12.1. The SMILES string of the molecule is ClCC[C@H](Oc1cccc2ccoc12)c1cccs1.S. The van der Waals surface area contributed by atoms with E-state index < -0.39 is 0 Å². The number of hydrogen-bond donors (Lipinski definition) is 0. The fourth-order valence-electron chi connectivity index (χ4n) is 2.04. The molecule has 2 nitrogen and oxygen atoms in total. The number of benzene rings is 1. The van der Waals surface area contributed by atoms with Gasteiger partial charge >= 0.3 is 0 Å². The van der Waals surface area contributed by atoms with Gasteiger partial charge in [0.05, 0.1) is 6.26 Å². The van der Waals surface area contributed by atoms with Gasteiger partial charge in [-0.3, -0.25) is 0 Å². The molecule has 3 aromatic rings. The topological polar surface area (TPSA) is 22.4 Å². The molecule has 5 heteroatoms. The van der Waals surface area contributed by atoms with Crippen LogP contribution in [-0.4, -0.2) is 5.88 Å². The van der Waals surface area contributed by atoms with E-state index in [2.05, 4.69) is 6.07 Å². The van der Waals surface area contributed by atoms with Crippen LogP contribution in [0.5, 0.6) is 5.75 Å². The van der Waals surface area contributed by atoms with Crippen molar-refractivity contribution >= 4 is 47.4 Å². The summed E-state index contributed by atoms with van der Waals surface area (Å²) in [6, 6.07) is 11.9. The molecule has 20 heavy (non-hydrogen) atoms. The van der Waals surface area contributed by atoms with E-state index in [1.54, 1.807) is 17.6 Å². The van der Waals surface area contributed by atoms with Crippen LogP contribution in [0.25, 0.3) is 11.0 Å². The van der Waals surface area contributed by atoms with Crippen LogP contribution in [0.2, 0.25) is 0 Å². The number of fused-ring (bicyclic) bond motifs is 1. The largest absolute Gasteiger partial charge is 0.481 e. The van der Waals surface area contributed by atoms with E-state index in [1.165, 1.54) is 4.88 Å². The first-order chi connectivity index (χ1) is 9.38. The maximum absolute atomic E-state index is 6.10. The van der Waals surface area contributed by atoms with Gasteiger partial charge in [0.25, 0.3) is 0 Å². The molecule has 1 atom stereocenters. The highest BCUT2D eigenvalue weighted by Crippen LogP contribution is 2.33. The molecule has 3 rings (SSSR count). The molecule has 106 valence electrons. The Kier molecular flexibility index (Phi) is 5.40. The summed E-state index contributed by atoms with van der Waals surface area (Å²) in [7, 11) is 0. The predicted molar refractivity (Wildman–Crippen MR) is 89.6 cm³/mol. The maximum Gasteiger partial charge on any atom is 0.175 e. The highest BCUT2D eigenvalue weighted by Gasteiger charge is 2.16. The van der Waals surface area contributed by atoms with Crippen molar-refractivity contribution in [2.45, 2.75) is 12.5 Å². The molecule has 1 aromatic carbocycles. The van der Waals surface area contributed by atoms with Gasteiger partial charge in [-0.05, 0) is 23.6 Å². The molecule has 0 aliphatic heterocycles. The quantitative estimate of drug-likeness (QED) is 0.589. The molecule has 0 amide bonds. The van der Waals surface area contributed by atoms with Crippen molar-refractivity contribution in [3.05, 3.63) is 52.9 Å². The monoisotopic (exact) mass is 326 g/mol. The molecule has 0 saturated carbocycles. The first-order valence-corrected chi connectivity index (χ1v) is 7.52. The van der Waals surface area contributed by atoms with Crippen LogP contribution in [0.1, 0.15) is 17.4 Å². The van der Waals surface area contributed by atoms with Crippen molar-refractivity contribution in [1.29, 1.82) is 0 Å². The summed E-state index contributed by atoms with van der Waals surface area (Å²) in [4.78, 5) is 1.18. The number of thiophene rings is 1. The number of rotatable bonds is 5. The molecule has 0 fully saturated rings. The molecule has 0 spiro atoms. The summed E-state index contributed by atoms with van der Waals surface area (Å²) < 4.78 is 11.6. The summed E-state index contributed by atoms with van der Waals surface area (Å²) in [5.74, 6) is 1.34. The molecule has 0 saturated heterocycles. The van der Waals surface area contributed by atoms with Gasteiger partial charge in [-0.1, -0.05) is 18.2 Å². The van der Waals surface area contributed by atoms with Gasteiger partial charge < -0.3 is 9.15 Å². The van der Waals surface area contributed by atoms with Crippen molar-refractivity contribution in [2.24, 2.45) is 0 Å². The Balaban J connectivity index is 0.00000147. The van der Waals surface area contributed by atoms with Crippen LogP contribution in [0, 0.1) is 0 Å². The Labute approximate surface area is 133 Å². The molecular weight excluding hydrogens is 312 g/mol. The molecule has 0 radical (unpaired) electrons. The first-order valence-electron chi connectivity index (χ1n) is 6.11. The van der Waals surface area contributed by atoms with E-state index in [1.807, 2.05) is 35.7 Å². The van der Waals surface area contributed by atoms with Crippen molar-refractivity contribution < 1.29 is 9.15 Å². The second-order valence-corrected chi connectivity index (χ2v) is 5.55. The maximum atomic E-state index is 6.10. The lowest BCUT2D eigenvalue weighted by Crippen LogP contribution is -2.06.